The van der Waals surface area contributed by atoms with E-state index < -0.39 is 0 Å². The van der Waals surface area contributed by atoms with Crippen molar-refractivity contribution in [3.63, 3.8) is 0 Å². The zero-order chi connectivity index (χ0) is 11.4. The maximum absolute atomic E-state index is 6.24. The van der Waals surface area contributed by atoms with Crippen molar-refractivity contribution in [2.24, 2.45) is 0 Å². The molecule has 1 aliphatic heterocycles. The van der Waals surface area contributed by atoms with Gasteiger partial charge in [0.25, 0.3) is 0 Å². The first-order chi connectivity index (χ1) is 7.83. The van der Waals surface area contributed by atoms with E-state index >= 15 is 0 Å². The highest BCUT2D eigenvalue weighted by molar-refractivity contribution is 6.31. The van der Waals surface area contributed by atoms with E-state index in [0.29, 0.717) is 6.04 Å². The third-order valence-electron chi connectivity index (χ3n) is 3.20. The quantitative estimate of drug-likeness (QED) is 0.740. The average Bonchev–Trinajstić information content (AvgIpc) is 2.34. The molecule has 1 atom stereocenters. The summed E-state index contributed by atoms with van der Waals surface area (Å²) >= 11 is 6.24. The molecule has 0 saturated carbocycles. The molecular weight excluding hydrogens is 224 g/mol. The summed E-state index contributed by atoms with van der Waals surface area (Å²) in [5, 5.41) is 0.857. The van der Waals surface area contributed by atoms with Crippen LogP contribution < -0.4 is 10.6 Å². The van der Waals surface area contributed by atoms with E-state index in [-0.39, 0.29) is 0 Å². The highest BCUT2D eigenvalue weighted by atomic mass is 35.5. The van der Waals surface area contributed by atoms with Crippen molar-refractivity contribution in [1.82, 2.24) is 0 Å². The maximum atomic E-state index is 6.24. The Kier molecular flexibility index (Phi) is 4.18. The summed E-state index contributed by atoms with van der Waals surface area (Å²) in [6.45, 7) is 4.66. The number of benzene rings is 1. The monoisotopic (exact) mass is 242 g/mol. The van der Waals surface area contributed by atoms with Crippen molar-refractivity contribution in [2.75, 3.05) is 32.8 Å². The zero-order valence-corrected chi connectivity index (χ0v) is 10.2. The highest BCUT2D eigenvalue weighted by Crippen LogP contribution is 2.19. The number of quaternary nitrogens is 2. The second-order valence-corrected chi connectivity index (χ2v) is 4.54. The Bertz CT molecular complexity index is 340. The first-order valence-corrected chi connectivity index (χ1v) is 6.16. The molecule has 0 aliphatic carbocycles. The molecular formula is C12H19ClN2O+2. The van der Waals surface area contributed by atoms with Crippen molar-refractivity contribution >= 4 is 11.6 Å². The van der Waals surface area contributed by atoms with Crippen LogP contribution >= 0.6 is 11.6 Å². The smallest absolute Gasteiger partial charge is 0.164 e. The lowest BCUT2D eigenvalue weighted by molar-refractivity contribution is -0.944. The van der Waals surface area contributed by atoms with Crippen molar-refractivity contribution in [3.8, 4) is 0 Å². The van der Waals surface area contributed by atoms with Gasteiger partial charge in [-0.2, -0.15) is 0 Å². The van der Waals surface area contributed by atoms with E-state index in [4.69, 9.17) is 16.3 Å². The molecule has 16 heavy (non-hydrogen) atoms. The molecule has 0 spiro atoms. The molecule has 0 radical (unpaired) electrons. The third-order valence-corrected chi connectivity index (χ3v) is 3.54. The van der Waals surface area contributed by atoms with E-state index in [1.165, 1.54) is 10.5 Å². The number of rotatable bonds is 3. The molecule has 2 rings (SSSR count). The third kappa shape index (κ3) is 2.55. The predicted molar refractivity (Wildman–Crippen MR) is 63.5 cm³/mol. The first-order valence-electron chi connectivity index (χ1n) is 5.79. The van der Waals surface area contributed by atoms with Crippen LogP contribution in [0.2, 0.25) is 5.02 Å². The van der Waals surface area contributed by atoms with Crippen LogP contribution in [0.3, 0.4) is 0 Å². The predicted octanol–water partition coefficient (Wildman–Crippen LogP) is -0.462. The van der Waals surface area contributed by atoms with E-state index in [1.807, 2.05) is 18.2 Å². The van der Waals surface area contributed by atoms with Gasteiger partial charge in [0.2, 0.25) is 0 Å². The summed E-state index contributed by atoms with van der Waals surface area (Å²) in [6, 6.07) is 8.49. The lowest BCUT2D eigenvalue weighted by Crippen LogP contribution is -3.15. The van der Waals surface area contributed by atoms with Gasteiger partial charge in [-0.3, -0.25) is 0 Å². The molecule has 1 fully saturated rings. The molecule has 1 heterocycles. The van der Waals surface area contributed by atoms with Gasteiger partial charge in [0.15, 0.2) is 6.04 Å². The normalized spacial score (nSPS) is 19.6. The second-order valence-electron chi connectivity index (χ2n) is 4.13. The van der Waals surface area contributed by atoms with Gasteiger partial charge in [-0.05, 0) is 6.07 Å². The first kappa shape index (κ1) is 11.9. The molecule has 4 heteroatoms. The molecule has 0 bridgehead atoms. The van der Waals surface area contributed by atoms with Gasteiger partial charge in [0, 0.05) is 10.6 Å². The lowest BCUT2D eigenvalue weighted by Gasteiger charge is -2.30. The average molecular weight is 243 g/mol. The highest BCUT2D eigenvalue weighted by Gasteiger charge is 2.27. The molecule has 0 amide bonds. The maximum Gasteiger partial charge on any atom is 0.164 e. The van der Waals surface area contributed by atoms with E-state index in [0.717, 1.165) is 37.9 Å². The van der Waals surface area contributed by atoms with Gasteiger partial charge >= 0.3 is 0 Å². The van der Waals surface area contributed by atoms with Crippen LogP contribution in [0.1, 0.15) is 11.6 Å². The van der Waals surface area contributed by atoms with Gasteiger partial charge in [-0.1, -0.05) is 29.8 Å². The molecule has 88 valence electrons. The molecule has 4 N–H and O–H groups in total. The zero-order valence-electron chi connectivity index (χ0n) is 9.42. The summed E-state index contributed by atoms with van der Waals surface area (Å²) in [4.78, 5) is 1.54. The largest absolute Gasteiger partial charge is 0.370 e. The Hall–Kier alpha value is -0.610. The van der Waals surface area contributed by atoms with Gasteiger partial charge in [0.05, 0.1) is 13.2 Å². The molecule has 1 saturated heterocycles. The van der Waals surface area contributed by atoms with Crippen LogP contribution in [0.5, 0.6) is 0 Å². The fraction of sp³-hybridized carbons (Fsp3) is 0.500. The second kappa shape index (κ2) is 5.64. The number of nitrogens with one attached hydrogen (secondary N) is 1. The molecule has 1 aromatic rings. The Morgan fingerprint density at radius 3 is 2.62 bits per heavy atom. The Balaban J connectivity index is 2.18. The fourth-order valence-corrected chi connectivity index (χ4v) is 2.59. The minimum Gasteiger partial charge on any atom is -0.370 e. The van der Waals surface area contributed by atoms with Gasteiger partial charge in [-0.15, -0.1) is 0 Å². The van der Waals surface area contributed by atoms with Crippen LogP contribution in [-0.4, -0.2) is 32.8 Å². The van der Waals surface area contributed by atoms with E-state index in [2.05, 4.69) is 11.8 Å². The van der Waals surface area contributed by atoms with Crippen LogP contribution in [0.4, 0.5) is 0 Å². The van der Waals surface area contributed by atoms with Crippen LogP contribution in [-0.2, 0) is 4.74 Å². The number of morpholine rings is 1. The Labute approximate surface area is 101 Å². The van der Waals surface area contributed by atoms with E-state index in [1.54, 1.807) is 0 Å². The number of ether oxygens (including phenoxy) is 1. The number of halogens is 1. The van der Waals surface area contributed by atoms with Crippen LogP contribution in [0, 0.1) is 0 Å². The van der Waals surface area contributed by atoms with E-state index in [9.17, 15) is 0 Å². The summed E-state index contributed by atoms with van der Waals surface area (Å²) in [6.07, 6.45) is 0. The Morgan fingerprint density at radius 2 is 2.00 bits per heavy atom. The molecule has 1 aliphatic rings. The standard InChI is InChI=1S/C12H17ClN2O/c13-11-4-2-1-3-10(11)12(9-14)15-5-7-16-8-6-15/h1-4,12H,5-9,14H2/p+2/t12-/m1/s1. The van der Waals surface area contributed by atoms with Crippen molar-refractivity contribution in [3.05, 3.63) is 34.9 Å². The van der Waals surface area contributed by atoms with Crippen molar-refractivity contribution in [2.45, 2.75) is 6.04 Å². The summed E-state index contributed by atoms with van der Waals surface area (Å²) in [5.41, 5.74) is 5.28. The number of hydrogen-bond donors (Lipinski definition) is 2. The topological polar surface area (TPSA) is 41.3 Å². The fourth-order valence-electron chi connectivity index (χ4n) is 2.32. The van der Waals surface area contributed by atoms with Gasteiger partial charge < -0.3 is 15.4 Å². The minimum absolute atomic E-state index is 0.401. The minimum atomic E-state index is 0.401. The summed E-state index contributed by atoms with van der Waals surface area (Å²) in [7, 11) is 0. The van der Waals surface area contributed by atoms with Gasteiger partial charge in [-0.25, -0.2) is 0 Å². The van der Waals surface area contributed by atoms with Crippen molar-refractivity contribution < 1.29 is 15.4 Å². The van der Waals surface area contributed by atoms with Crippen molar-refractivity contribution in [1.29, 1.82) is 0 Å². The molecule has 3 nitrogen and oxygen atoms in total. The lowest BCUT2D eigenvalue weighted by atomic mass is 10.0. The summed E-state index contributed by atoms with van der Waals surface area (Å²) < 4.78 is 5.39. The SMILES string of the molecule is [NH3+]C[C@H](c1ccccc1Cl)[NH+]1CCOCC1. The number of hydrogen-bond acceptors (Lipinski definition) is 1. The summed E-state index contributed by atoms with van der Waals surface area (Å²) in [5.74, 6) is 0. The molecule has 1 aromatic carbocycles. The molecule has 0 aromatic heterocycles. The van der Waals surface area contributed by atoms with Crippen LogP contribution in [0.25, 0.3) is 0 Å². The molecule has 0 unspecified atom stereocenters. The van der Waals surface area contributed by atoms with Gasteiger partial charge in [0.1, 0.15) is 19.6 Å². The van der Waals surface area contributed by atoms with Crippen LogP contribution in [0.15, 0.2) is 24.3 Å². The Morgan fingerprint density at radius 1 is 1.31 bits per heavy atom.